The van der Waals surface area contributed by atoms with Crippen LogP contribution in [-0.2, 0) is 6.54 Å². The van der Waals surface area contributed by atoms with Gasteiger partial charge in [0.2, 0.25) is 0 Å². The van der Waals surface area contributed by atoms with Crippen molar-refractivity contribution in [2.45, 2.75) is 26.3 Å². The van der Waals surface area contributed by atoms with Crippen molar-refractivity contribution in [3.8, 4) is 0 Å². The standard InChI is InChI=1S/C24H25N3O2S/c1-16(2)20-8-5-9-21-22(20)25-24(30-21)27(15-19-7-6-14-29-19)23(28)17-10-12-18(13-11-17)26(3)4/h5-14,16H,15H2,1-4H3. The van der Waals surface area contributed by atoms with Crippen LogP contribution in [-0.4, -0.2) is 25.0 Å². The summed E-state index contributed by atoms with van der Waals surface area (Å²) in [4.78, 5) is 22.1. The van der Waals surface area contributed by atoms with Crippen molar-refractivity contribution < 1.29 is 9.21 Å². The van der Waals surface area contributed by atoms with Gasteiger partial charge in [0.05, 0.1) is 23.0 Å². The molecule has 4 aromatic rings. The summed E-state index contributed by atoms with van der Waals surface area (Å²) in [6.45, 7) is 4.65. The maximum atomic E-state index is 13.5. The van der Waals surface area contributed by atoms with Crippen LogP contribution in [0, 0.1) is 0 Å². The van der Waals surface area contributed by atoms with E-state index in [0.717, 1.165) is 21.7 Å². The molecule has 0 atom stereocenters. The zero-order chi connectivity index (χ0) is 21.3. The first-order valence-electron chi connectivity index (χ1n) is 9.95. The van der Waals surface area contributed by atoms with Crippen LogP contribution in [0.4, 0.5) is 10.8 Å². The third-order valence-corrected chi connectivity index (χ3v) is 6.11. The highest BCUT2D eigenvalue weighted by Crippen LogP contribution is 2.34. The number of furan rings is 1. The highest BCUT2D eigenvalue weighted by molar-refractivity contribution is 7.22. The van der Waals surface area contributed by atoms with E-state index in [4.69, 9.17) is 9.40 Å². The minimum atomic E-state index is -0.0955. The smallest absolute Gasteiger partial charge is 0.260 e. The molecule has 2 heterocycles. The van der Waals surface area contributed by atoms with Crippen LogP contribution in [0.3, 0.4) is 0 Å². The van der Waals surface area contributed by atoms with Gasteiger partial charge in [-0.15, -0.1) is 0 Å². The molecule has 0 bridgehead atoms. The Bertz CT molecular complexity index is 1150. The number of nitrogens with zero attached hydrogens (tertiary/aromatic N) is 3. The number of para-hydroxylation sites is 1. The average molecular weight is 420 g/mol. The summed E-state index contributed by atoms with van der Waals surface area (Å²) >= 11 is 1.53. The molecule has 0 aliphatic heterocycles. The van der Waals surface area contributed by atoms with Crippen molar-refractivity contribution in [1.29, 1.82) is 0 Å². The number of benzene rings is 2. The number of thiazole rings is 1. The van der Waals surface area contributed by atoms with E-state index in [1.165, 1.54) is 16.9 Å². The Kier molecular flexibility index (Phi) is 5.59. The predicted octanol–water partition coefficient (Wildman–Crippen LogP) is 5.93. The van der Waals surface area contributed by atoms with E-state index >= 15 is 0 Å². The normalized spacial score (nSPS) is 11.2. The third-order valence-electron chi connectivity index (χ3n) is 5.06. The maximum absolute atomic E-state index is 13.5. The van der Waals surface area contributed by atoms with Crippen LogP contribution in [0.2, 0.25) is 0 Å². The molecule has 5 nitrogen and oxygen atoms in total. The molecule has 0 aliphatic carbocycles. The topological polar surface area (TPSA) is 49.6 Å². The number of carbonyl (C=O) groups excluding carboxylic acids is 1. The molecular weight excluding hydrogens is 394 g/mol. The number of aromatic nitrogens is 1. The number of carbonyl (C=O) groups is 1. The Morgan fingerprint density at radius 2 is 1.83 bits per heavy atom. The van der Waals surface area contributed by atoms with E-state index in [9.17, 15) is 4.79 Å². The summed E-state index contributed by atoms with van der Waals surface area (Å²) in [6, 6.07) is 17.6. The molecule has 30 heavy (non-hydrogen) atoms. The molecule has 2 aromatic carbocycles. The molecule has 6 heteroatoms. The van der Waals surface area contributed by atoms with Crippen molar-refractivity contribution in [3.05, 3.63) is 77.7 Å². The summed E-state index contributed by atoms with van der Waals surface area (Å²) in [5.74, 6) is 0.981. The lowest BCUT2D eigenvalue weighted by molar-refractivity contribution is 0.0983. The highest BCUT2D eigenvalue weighted by atomic mass is 32.1. The molecule has 0 N–H and O–H groups in total. The van der Waals surface area contributed by atoms with Crippen molar-refractivity contribution >= 4 is 38.3 Å². The molecule has 0 fully saturated rings. The number of hydrogen-bond acceptors (Lipinski definition) is 5. The van der Waals surface area contributed by atoms with Crippen molar-refractivity contribution in [2.75, 3.05) is 23.9 Å². The summed E-state index contributed by atoms with van der Waals surface area (Å²) in [7, 11) is 3.96. The minimum absolute atomic E-state index is 0.0955. The zero-order valence-corrected chi connectivity index (χ0v) is 18.4. The van der Waals surface area contributed by atoms with Crippen molar-refractivity contribution in [3.63, 3.8) is 0 Å². The minimum Gasteiger partial charge on any atom is -0.467 e. The molecule has 0 saturated carbocycles. The quantitative estimate of drug-likeness (QED) is 0.389. The predicted molar refractivity (Wildman–Crippen MR) is 124 cm³/mol. The fourth-order valence-corrected chi connectivity index (χ4v) is 4.38. The Morgan fingerprint density at radius 1 is 1.07 bits per heavy atom. The first kappa shape index (κ1) is 20.2. The van der Waals surface area contributed by atoms with Crippen LogP contribution < -0.4 is 9.80 Å². The van der Waals surface area contributed by atoms with Gasteiger partial charge >= 0.3 is 0 Å². The van der Waals surface area contributed by atoms with Gasteiger partial charge in [-0.25, -0.2) is 4.98 Å². The van der Waals surface area contributed by atoms with E-state index in [-0.39, 0.29) is 5.91 Å². The van der Waals surface area contributed by atoms with Gasteiger partial charge in [-0.3, -0.25) is 9.69 Å². The summed E-state index contributed by atoms with van der Waals surface area (Å²) < 4.78 is 6.61. The van der Waals surface area contributed by atoms with Gasteiger partial charge in [0, 0.05) is 25.3 Å². The highest BCUT2D eigenvalue weighted by Gasteiger charge is 2.23. The Morgan fingerprint density at radius 3 is 2.47 bits per heavy atom. The molecule has 0 unspecified atom stereocenters. The number of fused-ring (bicyclic) bond motifs is 1. The number of hydrogen-bond donors (Lipinski definition) is 0. The SMILES string of the molecule is CC(C)c1cccc2sc(N(Cc3ccco3)C(=O)c3ccc(N(C)C)cc3)nc12. The number of rotatable bonds is 6. The van der Waals surface area contributed by atoms with Crippen LogP contribution >= 0.6 is 11.3 Å². The number of amides is 1. The summed E-state index contributed by atoms with van der Waals surface area (Å²) in [5, 5.41) is 0.677. The Balaban J connectivity index is 1.75. The molecule has 0 radical (unpaired) electrons. The second-order valence-electron chi connectivity index (χ2n) is 7.76. The van der Waals surface area contributed by atoms with Gasteiger partial charge in [0.15, 0.2) is 5.13 Å². The molecule has 1 amide bonds. The fourth-order valence-electron chi connectivity index (χ4n) is 3.38. The van der Waals surface area contributed by atoms with Gasteiger partial charge in [-0.2, -0.15) is 0 Å². The first-order chi connectivity index (χ1) is 14.4. The maximum Gasteiger partial charge on any atom is 0.260 e. The van der Waals surface area contributed by atoms with Gasteiger partial charge in [-0.1, -0.05) is 37.3 Å². The third kappa shape index (κ3) is 3.96. The zero-order valence-electron chi connectivity index (χ0n) is 17.6. The lowest BCUT2D eigenvalue weighted by Crippen LogP contribution is -2.30. The van der Waals surface area contributed by atoms with E-state index in [2.05, 4.69) is 32.0 Å². The van der Waals surface area contributed by atoms with Crippen LogP contribution in [0.15, 0.2) is 65.3 Å². The Labute approximate surface area is 180 Å². The number of anilines is 2. The van der Waals surface area contributed by atoms with Gasteiger partial charge in [0.25, 0.3) is 5.91 Å². The second kappa shape index (κ2) is 8.32. The van der Waals surface area contributed by atoms with E-state index < -0.39 is 0 Å². The van der Waals surface area contributed by atoms with Gasteiger partial charge in [-0.05, 0) is 53.9 Å². The fraction of sp³-hybridized carbons (Fsp3) is 0.250. The Hall–Kier alpha value is -3.12. The van der Waals surface area contributed by atoms with Crippen LogP contribution in [0.5, 0.6) is 0 Å². The molecule has 4 rings (SSSR count). The summed E-state index contributed by atoms with van der Waals surface area (Å²) in [5.41, 5.74) is 3.82. The molecule has 0 aliphatic rings. The monoisotopic (exact) mass is 419 g/mol. The molecule has 154 valence electrons. The molecular formula is C24H25N3O2S. The van der Waals surface area contributed by atoms with Crippen molar-refractivity contribution in [1.82, 2.24) is 4.98 Å². The molecule has 0 spiro atoms. The van der Waals surface area contributed by atoms with Gasteiger partial charge < -0.3 is 9.32 Å². The second-order valence-corrected chi connectivity index (χ2v) is 8.77. The molecule has 0 saturated heterocycles. The first-order valence-corrected chi connectivity index (χ1v) is 10.8. The van der Waals surface area contributed by atoms with Crippen LogP contribution in [0.25, 0.3) is 10.2 Å². The van der Waals surface area contributed by atoms with Crippen molar-refractivity contribution in [2.24, 2.45) is 0 Å². The summed E-state index contributed by atoms with van der Waals surface area (Å²) in [6.07, 6.45) is 1.62. The van der Waals surface area contributed by atoms with Gasteiger partial charge in [0.1, 0.15) is 5.76 Å². The lowest BCUT2D eigenvalue weighted by atomic mass is 10.0. The lowest BCUT2D eigenvalue weighted by Gasteiger charge is -2.19. The molecule has 2 aromatic heterocycles. The average Bonchev–Trinajstić information content (AvgIpc) is 3.40. The van der Waals surface area contributed by atoms with Crippen LogP contribution in [0.1, 0.15) is 41.4 Å². The van der Waals surface area contributed by atoms with E-state index in [1.54, 1.807) is 11.2 Å². The van der Waals surface area contributed by atoms with E-state index in [0.29, 0.717) is 23.2 Å². The van der Waals surface area contributed by atoms with E-state index in [1.807, 2.05) is 55.4 Å². The largest absolute Gasteiger partial charge is 0.467 e.